The van der Waals surface area contributed by atoms with Gasteiger partial charge in [0.1, 0.15) is 5.76 Å². The largest absolute Gasteiger partial charge is 0.477 e. The minimum atomic E-state index is -2.09. The number of hydrogen-bond acceptors (Lipinski definition) is 3. The van der Waals surface area contributed by atoms with E-state index in [1.807, 2.05) is 24.3 Å². The molecule has 0 spiro atoms. The predicted octanol–water partition coefficient (Wildman–Crippen LogP) is 15.7. The van der Waals surface area contributed by atoms with E-state index in [9.17, 15) is 0 Å². The van der Waals surface area contributed by atoms with Crippen molar-refractivity contribution in [2.45, 2.75) is 84.4 Å². The van der Waals surface area contributed by atoms with Gasteiger partial charge in [-0.2, -0.15) is 0 Å². The van der Waals surface area contributed by atoms with Gasteiger partial charge in [0.25, 0.3) is 0 Å². The number of aromatic nitrogens is 3. The van der Waals surface area contributed by atoms with Crippen molar-refractivity contribution in [1.29, 1.82) is 0 Å². The molecule has 1 fully saturated rings. The van der Waals surface area contributed by atoms with Crippen LogP contribution in [-0.2, 0) is 20.1 Å². The van der Waals surface area contributed by atoms with Crippen LogP contribution >= 0.6 is 0 Å². The molecule has 9 aromatic rings. The number of rotatable bonds is 8. The van der Waals surface area contributed by atoms with Gasteiger partial charge in [0.05, 0.1) is 22.4 Å². The fourth-order valence-corrected chi connectivity index (χ4v) is 8.85. The van der Waals surface area contributed by atoms with E-state index in [4.69, 9.17) is 13.5 Å². The second kappa shape index (κ2) is 19.0. The molecule has 1 aliphatic rings. The van der Waals surface area contributed by atoms with Crippen molar-refractivity contribution >= 4 is 22.0 Å². The van der Waals surface area contributed by atoms with Crippen LogP contribution in [0.4, 0.5) is 0 Å². The van der Waals surface area contributed by atoms with Gasteiger partial charge in [0, 0.05) is 41.7 Å². The first kappa shape index (κ1) is 39.0. The Morgan fingerprint density at radius 3 is 2.11 bits per heavy atom. The number of pyridine rings is 1. The van der Waals surface area contributed by atoms with Crippen LogP contribution in [0.3, 0.4) is 0 Å². The van der Waals surface area contributed by atoms with Gasteiger partial charge in [-0.1, -0.05) is 161 Å². The molecule has 3 heterocycles. The van der Waals surface area contributed by atoms with E-state index in [1.165, 1.54) is 66.2 Å². The summed E-state index contributed by atoms with van der Waals surface area (Å²) in [5, 5.41) is 1.07. The Kier molecular flexibility index (Phi) is 12.0. The molecule has 1 saturated carbocycles. The van der Waals surface area contributed by atoms with Crippen LogP contribution in [0.25, 0.3) is 72.8 Å². The maximum Gasteiger partial charge on any atom is 0.123 e. The molecule has 0 saturated heterocycles. The van der Waals surface area contributed by atoms with Crippen LogP contribution in [0.1, 0.15) is 104 Å². The summed E-state index contributed by atoms with van der Waals surface area (Å²) in [6.45, 7) is 7.03. The molecule has 62 heavy (non-hydrogen) atoms. The van der Waals surface area contributed by atoms with Crippen molar-refractivity contribution in [1.82, 2.24) is 14.5 Å². The van der Waals surface area contributed by atoms with Gasteiger partial charge in [-0.25, -0.2) is 0 Å². The summed E-state index contributed by atoms with van der Waals surface area (Å²) in [6, 6.07) is 56.9. The molecule has 0 N–H and O–H groups in total. The first-order valence-corrected chi connectivity index (χ1v) is 21.7. The quantitative estimate of drug-likeness (QED) is 0.143. The Balaban J connectivity index is 0.000000287. The van der Waals surface area contributed by atoms with Gasteiger partial charge in [0.2, 0.25) is 0 Å². The van der Waals surface area contributed by atoms with Crippen LogP contribution in [0.15, 0.2) is 156 Å². The first-order valence-electron chi connectivity index (χ1n) is 23.2. The van der Waals surface area contributed by atoms with E-state index >= 15 is 0 Å². The van der Waals surface area contributed by atoms with E-state index in [2.05, 4.69) is 153 Å². The molecule has 0 amide bonds. The predicted molar refractivity (Wildman–Crippen MR) is 253 cm³/mol. The van der Waals surface area contributed by atoms with Crippen molar-refractivity contribution in [2.24, 2.45) is 0 Å². The molecule has 0 atom stereocenters. The molecule has 6 aromatic carbocycles. The van der Waals surface area contributed by atoms with Crippen LogP contribution in [0.5, 0.6) is 0 Å². The van der Waals surface area contributed by atoms with E-state index < -0.39 is 6.85 Å². The summed E-state index contributed by atoms with van der Waals surface area (Å²) in [5.74, 6) is 3.08. The van der Waals surface area contributed by atoms with Crippen LogP contribution in [0.2, 0.25) is 0 Å². The molecule has 5 heteroatoms. The Hall–Kier alpha value is -5.87. The van der Waals surface area contributed by atoms with Crippen molar-refractivity contribution < 1.29 is 28.6 Å². The summed E-state index contributed by atoms with van der Waals surface area (Å²) >= 11 is 0. The zero-order chi connectivity index (χ0) is 44.4. The number of para-hydroxylation sites is 3. The summed E-state index contributed by atoms with van der Waals surface area (Å²) in [6.07, 6.45) is 8.02. The van der Waals surface area contributed by atoms with E-state index in [0.29, 0.717) is 17.8 Å². The van der Waals surface area contributed by atoms with Gasteiger partial charge < -0.3 is 14.0 Å². The minimum absolute atomic E-state index is 0. The smallest absolute Gasteiger partial charge is 0.123 e. The average Bonchev–Trinajstić information content (AvgIpc) is 3.94. The van der Waals surface area contributed by atoms with Crippen molar-refractivity contribution in [2.75, 3.05) is 0 Å². The van der Waals surface area contributed by atoms with Crippen molar-refractivity contribution in [3.63, 3.8) is 0 Å². The SMILES string of the molecule is CC(C)c1cccc(C(C)C)c1-n1c(-c2[c-]c3oc(-c4ccccc4)cc3c(-c3ccc(C4CCCCC4)cc3)c2)nc2ccccc21.[2H]C([2H])([2H])c1ccc(-c2[c-]cccc2)nc1.[Ir]. The fourth-order valence-electron chi connectivity index (χ4n) is 8.85. The zero-order valence-electron chi connectivity index (χ0n) is 38.8. The maximum atomic E-state index is 7.23. The molecular weight excluding hydrogens is 935 g/mol. The number of fused-ring (bicyclic) bond motifs is 2. The standard InChI is InChI=1S/C45H43N2O.C12H10N.Ir/c1-29(2)36-18-13-19-37(30(3)4)44(36)47-41-21-12-11-20-40(41)46-45(47)35-26-38(33-24-22-32(23-25-33)31-14-7-5-8-15-31)39-28-42(48-43(39)27-35)34-16-9-6-10-17-34;1-10-7-8-12(13-9-10)11-5-3-2-4-6-11;/h6,9-13,16-26,28-31H,5,7-8,14-15H2,1-4H3;2-5,7-9H,1H3;/q2*-1;/i;1D3;. The Morgan fingerprint density at radius 1 is 0.710 bits per heavy atom. The summed E-state index contributed by atoms with van der Waals surface area (Å²) in [4.78, 5) is 9.46. The fraction of sp³-hybridized carbons (Fsp3) is 0.228. The molecule has 1 radical (unpaired) electrons. The molecule has 0 unspecified atom stereocenters. The number of furan rings is 1. The average molecular weight is 991 g/mol. The molecule has 4 nitrogen and oxygen atoms in total. The van der Waals surface area contributed by atoms with Gasteiger partial charge >= 0.3 is 0 Å². The number of hydrogen-bond donors (Lipinski definition) is 0. The number of benzene rings is 6. The van der Waals surface area contributed by atoms with Crippen LogP contribution < -0.4 is 0 Å². The molecule has 0 aliphatic heterocycles. The van der Waals surface area contributed by atoms with Crippen molar-refractivity contribution in [3.05, 3.63) is 186 Å². The number of nitrogens with zero attached hydrogens (tertiary/aromatic N) is 3. The van der Waals surface area contributed by atoms with Crippen LogP contribution in [-0.4, -0.2) is 14.5 Å². The topological polar surface area (TPSA) is 43.9 Å². The van der Waals surface area contributed by atoms with Crippen molar-refractivity contribution in [3.8, 4) is 50.8 Å². The minimum Gasteiger partial charge on any atom is -0.477 e. The number of imidazole rings is 1. The molecule has 0 bridgehead atoms. The van der Waals surface area contributed by atoms with Crippen LogP contribution in [0, 0.1) is 19.0 Å². The van der Waals surface area contributed by atoms with Gasteiger partial charge in [0.15, 0.2) is 0 Å². The zero-order valence-corrected chi connectivity index (χ0v) is 38.2. The normalized spacial score (nSPS) is 13.9. The van der Waals surface area contributed by atoms with E-state index in [-0.39, 0.29) is 25.7 Å². The molecule has 3 aromatic heterocycles. The van der Waals surface area contributed by atoms with Gasteiger partial charge in [-0.15, -0.1) is 47.5 Å². The summed E-state index contributed by atoms with van der Waals surface area (Å²) in [7, 11) is 0. The van der Waals surface area contributed by atoms with Gasteiger partial charge in [-0.3, -0.25) is 4.98 Å². The monoisotopic (exact) mass is 991 g/mol. The second-order valence-electron chi connectivity index (χ2n) is 16.8. The molecular formula is C57H53IrN3O-2. The maximum absolute atomic E-state index is 7.23. The third-order valence-electron chi connectivity index (χ3n) is 12.0. The molecule has 10 rings (SSSR count). The Bertz CT molecular complexity index is 2980. The third-order valence-corrected chi connectivity index (χ3v) is 12.0. The molecule has 1 aliphatic carbocycles. The first-order chi connectivity index (χ1) is 31.0. The number of aryl methyl sites for hydroxylation is 1. The Morgan fingerprint density at radius 2 is 1.44 bits per heavy atom. The summed E-state index contributed by atoms with van der Waals surface area (Å²) < 4.78 is 30.7. The van der Waals surface area contributed by atoms with E-state index in [1.54, 1.807) is 18.2 Å². The van der Waals surface area contributed by atoms with Gasteiger partial charge in [-0.05, 0) is 89.2 Å². The summed E-state index contributed by atoms with van der Waals surface area (Å²) in [5.41, 5.74) is 14.3. The second-order valence-corrected chi connectivity index (χ2v) is 16.8. The van der Waals surface area contributed by atoms with E-state index in [0.717, 1.165) is 61.5 Å². The Labute approximate surface area is 384 Å². The molecule has 313 valence electrons. The third kappa shape index (κ3) is 8.89.